The van der Waals surface area contributed by atoms with Crippen LogP contribution in [0.5, 0.6) is 0 Å². The quantitative estimate of drug-likeness (QED) is 0.451. The molecule has 0 unspecified atom stereocenters. The summed E-state index contributed by atoms with van der Waals surface area (Å²) in [5.41, 5.74) is 0.810. The summed E-state index contributed by atoms with van der Waals surface area (Å²) >= 11 is 0. The Kier molecular flexibility index (Phi) is 5.24. The number of nitrogens with zero attached hydrogens (tertiary/aromatic N) is 2. The highest BCUT2D eigenvalue weighted by Gasteiger charge is 2.17. The maximum absolute atomic E-state index is 11.1. The first kappa shape index (κ1) is 16.8. The van der Waals surface area contributed by atoms with Gasteiger partial charge >= 0.3 is 0 Å². The standard InChI is InChI=1S/C14H16N4O4S/c1-23(21,22)16-10-9-15-13-8-7-12(18(19)20)14(17-13)11-5-3-2-4-6-11/h2-8,16H,9-10H2,1H3,(H,15,17). The summed E-state index contributed by atoms with van der Waals surface area (Å²) in [7, 11) is -3.25. The minimum Gasteiger partial charge on any atom is -0.369 e. The molecule has 23 heavy (non-hydrogen) atoms. The highest BCUT2D eigenvalue weighted by molar-refractivity contribution is 7.88. The number of hydrogen-bond acceptors (Lipinski definition) is 6. The van der Waals surface area contributed by atoms with Crippen molar-refractivity contribution in [3.05, 3.63) is 52.6 Å². The molecule has 0 aliphatic rings. The minimum atomic E-state index is -3.25. The molecule has 0 aliphatic carbocycles. The van der Waals surface area contributed by atoms with Gasteiger partial charge in [-0.05, 0) is 6.07 Å². The molecule has 0 atom stereocenters. The van der Waals surface area contributed by atoms with E-state index in [1.165, 1.54) is 12.1 Å². The molecule has 122 valence electrons. The lowest BCUT2D eigenvalue weighted by Gasteiger charge is -2.08. The highest BCUT2D eigenvalue weighted by Crippen LogP contribution is 2.28. The SMILES string of the molecule is CS(=O)(=O)NCCNc1ccc([N+](=O)[O-])c(-c2ccccc2)n1. The van der Waals surface area contributed by atoms with Crippen molar-refractivity contribution in [3.63, 3.8) is 0 Å². The Balaban J connectivity index is 2.18. The van der Waals surface area contributed by atoms with Gasteiger partial charge in [0, 0.05) is 24.7 Å². The lowest BCUT2D eigenvalue weighted by molar-refractivity contribution is -0.384. The van der Waals surface area contributed by atoms with Gasteiger partial charge in [0.2, 0.25) is 10.0 Å². The number of anilines is 1. The first-order valence-electron chi connectivity index (χ1n) is 6.76. The van der Waals surface area contributed by atoms with Crippen LogP contribution in [0.2, 0.25) is 0 Å². The molecular weight excluding hydrogens is 320 g/mol. The molecule has 0 saturated carbocycles. The molecule has 2 rings (SSSR count). The van der Waals surface area contributed by atoms with Gasteiger partial charge in [-0.2, -0.15) is 0 Å². The number of sulfonamides is 1. The molecule has 0 bridgehead atoms. The lowest BCUT2D eigenvalue weighted by Crippen LogP contribution is -2.27. The molecule has 0 radical (unpaired) electrons. The second-order valence-corrected chi connectivity index (χ2v) is 6.61. The topological polar surface area (TPSA) is 114 Å². The largest absolute Gasteiger partial charge is 0.369 e. The zero-order valence-corrected chi connectivity index (χ0v) is 13.2. The number of rotatable bonds is 7. The minimum absolute atomic E-state index is 0.0870. The van der Waals surface area contributed by atoms with E-state index < -0.39 is 14.9 Å². The molecule has 0 saturated heterocycles. The van der Waals surface area contributed by atoms with Gasteiger partial charge in [0.05, 0.1) is 11.2 Å². The first-order chi connectivity index (χ1) is 10.9. The monoisotopic (exact) mass is 336 g/mol. The van der Waals surface area contributed by atoms with Crippen molar-refractivity contribution in [1.82, 2.24) is 9.71 Å². The molecular formula is C14H16N4O4S. The molecule has 1 aromatic heterocycles. The number of hydrogen-bond donors (Lipinski definition) is 2. The van der Waals surface area contributed by atoms with Crippen molar-refractivity contribution < 1.29 is 13.3 Å². The van der Waals surface area contributed by atoms with Crippen molar-refractivity contribution >= 4 is 21.5 Å². The third kappa shape index (κ3) is 5.01. The molecule has 8 nitrogen and oxygen atoms in total. The predicted molar refractivity (Wildman–Crippen MR) is 87.7 cm³/mol. The molecule has 1 heterocycles. The van der Waals surface area contributed by atoms with E-state index in [9.17, 15) is 18.5 Å². The highest BCUT2D eigenvalue weighted by atomic mass is 32.2. The van der Waals surface area contributed by atoms with Crippen molar-refractivity contribution in [3.8, 4) is 11.3 Å². The van der Waals surface area contributed by atoms with Crippen LogP contribution in [0.3, 0.4) is 0 Å². The summed E-state index contributed by atoms with van der Waals surface area (Å²) in [5.74, 6) is 0.435. The zero-order valence-electron chi connectivity index (χ0n) is 12.4. The Morgan fingerprint density at radius 1 is 1.13 bits per heavy atom. The van der Waals surface area contributed by atoms with Crippen LogP contribution in [-0.2, 0) is 10.0 Å². The lowest BCUT2D eigenvalue weighted by atomic mass is 10.1. The summed E-state index contributed by atoms with van der Waals surface area (Å²) < 4.78 is 24.3. The van der Waals surface area contributed by atoms with Crippen LogP contribution in [-0.4, -0.2) is 37.7 Å². The number of benzene rings is 1. The summed E-state index contributed by atoms with van der Waals surface area (Å²) in [6.07, 6.45) is 1.07. The second-order valence-electron chi connectivity index (χ2n) is 4.78. The van der Waals surface area contributed by atoms with Crippen molar-refractivity contribution in [2.75, 3.05) is 24.7 Å². The van der Waals surface area contributed by atoms with E-state index in [0.29, 0.717) is 17.9 Å². The molecule has 0 amide bonds. The average Bonchev–Trinajstić information content (AvgIpc) is 2.51. The van der Waals surface area contributed by atoms with Crippen LogP contribution in [0, 0.1) is 10.1 Å². The Bertz CT molecular complexity index is 794. The number of nitro groups is 1. The number of nitrogens with one attached hydrogen (secondary N) is 2. The van der Waals surface area contributed by atoms with E-state index in [-0.39, 0.29) is 17.9 Å². The first-order valence-corrected chi connectivity index (χ1v) is 8.65. The Morgan fingerprint density at radius 3 is 2.43 bits per heavy atom. The fourth-order valence-corrected chi connectivity index (χ4v) is 2.41. The Labute approximate surface area is 133 Å². The van der Waals surface area contributed by atoms with Gasteiger partial charge in [0.25, 0.3) is 5.69 Å². The summed E-state index contributed by atoms with van der Waals surface area (Å²) in [5, 5.41) is 14.1. The fourth-order valence-electron chi connectivity index (χ4n) is 1.93. The van der Waals surface area contributed by atoms with Crippen LogP contribution in [0.1, 0.15) is 0 Å². The van der Waals surface area contributed by atoms with E-state index in [2.05, 4.69) is 15.0 Å². The molecule has 2 N–H and O–H groups in total. The summed E-state index contributed by atoms with van der Waals surface area (Å²) in [6, 6.07) is 11.7. The van der Waals surface area contributed by atoms with Crippen LogP contribution in [0.25, 0.3) is 11.3 Å². The second kappa shape index (κ2) is 7.16. The van der Waals surface area contributed by atoms with Gasteiger partial charge in [0.15, 0.2) is 5.69 Å². The molecule has 0 fully saturated rings. The van der Waals surface area contributed by atoms with Crippen LogP contribution < -0.4 is 10.0 Å². The van der Waals surface area contributed by atoms with Gasteiger partial charge in [0.1, 0.15) is 5.82 Å². The molecule has 0 spiro atoms. The molecule has 0 aliphatic heterocycles. The molecule has 9 heteroatoms. The van der Waals surface area contributed by atoms with E-state index >= 15 is 0 Å². The van der Waals surface area contributed by atoms with Crippen LogP contribution in [0.15, 0.2) is 42.5 Å². The van der Waals surface area contributed by atoms with E-state index in [1.54, 1.807) is 24.3 Å². The van der Waals surface area contributed by atoms with Gasteiger partial charge in [-0.15, -0.1) is 0 Å². The summed E-state index contributed by atoms with van der Waals surface area (Å²) in [6.45, 7) is 0.504. The maximum Gasteiger partial charge on any atom is 0.295 e. The average molecular weight is 336 g/mol. The van der Waals surface area contributed by atoms with Crippen LogP contribution in [0.4, 0.5) is 11.5 Å². The Morgan fingerprint density at radius 2 is 1.83 bits per heavy atom. The normalized spacial score (nSPS) is 11.2. The third-order valence-electron chi connectivity index (χ3n) is 2.91. The van der Waals surface area contributed by atoms with Gasteiger partial charge < -0.3 is 5.32 Å². The van der Waals surface area contributed by atoms with Gasteiger partial charge in [-0.3, -0.25) is 10.1 Å². The molecule has 2 aromatic rings. The van der Waals surface area contributed by atoms with E-state index in [0.717, 1.165) is 6.26 Å². The Hall–Kier alpha value is -2.52. The third-order valence-corrected chi connectivity index (χ3v) is 3.64. The maximum atomic E-state index is 11.1. The number of pyridine rings is 1. The van der Waals surface area contributed by atoms with Crippen molar-refractivity contribution in [1.29, 1.82) is 0 Å². The van der Waals surface area contributed by atoms with Gasteiger partial charge in [-0.1, -0.05) is 30.3 Å². The number of aromatic nitrogens is 1. The van der Waals surface area contributed by atoms with Gasteiger partial charge in [-0.25, -0.2) is 18.1 Å². The predicted octanol–water partition coefficient (Wildman–Crippen LogP) is 1.62. The van der Waals surface area contributed by atoms with Crippen LogP contribution >= 0.6 is 0 Å². The smallest absolute Gasteiger partial charge is 0.295 e. The fraction of sp³-hybridized carbons (Fsp3) is 0.214. The summed E-state index contributed by atoms with van der Waals surface area (Å²) in [4.78, 5) is 14.9. The molecule has 1 aromatic carbocycles. The van der Waals surface area contributed by atoms with Crippen molar-refractivity contribution in [2.24, 2.45) is 0 Å². The van der Waals surface area contributed by atoms with Crippen molar-refractivity contribution in [2.45, 2.75) is 0 Å². The van der Waals surface area contributed by atoms with E-state index in [1.807, 2.05) is 6.07 Å². The van der Waals surface area contributed by atoms with E-state index in [4.69, 9.17) is 0 Å². The zero-order chi connectivity index (χ0) is 16.9.